The molecule has 2 N–H and O–H groups in total. The molecule has 0 bridgehead atoms. The summed E-state index contributed by atoms with van der Waals surface area (Å²) in [5.74, 6) is 0.969. The Hall–Kier alpha value is -0.0800. The second-order valence-corrected chi connectivity index (χ2v) is 5.94. The zero-order valence-corrected chi connectivity index (χ0v) is 12.5. The molecule has 2 heteroatoms. The highest BCUT2D eigenvalue weighted by atomic mass is 15.2. The van der Waals surface area contributed by atoms with Gasteiger partial charge in [0.15, 0.2) is 0 Å². The first-order chi connectivity index (χ1) is 8.21. The Labute approximate surface area is 108 Å². The maximum Gasteiger partial charge on any atom is 0.127 e. The van der Waals surface area contributed by atoms with Gasteiger partial charge in [-0.2, -0.15) is 0 Å². The van der Waals surface area contributed by atoms with Gasteiger partial charge in [-0.3, -0.25) is 0 Å². The molecular weight excluding hydrogens is 208 g/mol. The molecule has 0 aromatic carbocycles. The maximum atomic E-state index is 2.44. The summed E-state index contributed by atoms with van der Waals surface area (Å²) >= 11 is 0. The fourth-order valence-corrected chi connectivity index (χ4v) is 3.42. The largest absolute Gasteiger partial charge is 0.331 e. The minimum Gasteiger partial charge on any atom is -0.331 e. The Morgan fingerprint density at radius 2 is 1.65 bits per heavy atom. The van der Waals surface area contributed by atoms with Crippen LogP contribution >= 0.6 is 0 Å². The van der Waals surface area contributed by atoms with Crippen LogP contribution in [-0.2, 0) is 0 Å². The van der Waals surface area contributed by atoms with Gasteiger partial charge in [0.2, 0.25) is 0 Å². The van der Waals surface area contributed by atoms with E-state index in [4.69, 9.17) is 0 Å². The summed E-state index contributed by atoms with van der Waals surface area (Å²) in [6.07, 6.45) is 5.88. The summed E-state index contributed by atoms with van der Waals surface area (Å²) in [5.41, 5.74) is 0. The van der Waals surface area contributed by atoms with E-state index in [0.29, 0.717) is 0 Å². The minimum absolute atomic E-state index is 0.957. The smallest absolute Gasteiger partial charge is 0.127 e. The first kappa shape index (κ1) is 15.0. The van der Waals surface area contributed by atoms with E-state index < -0.39 is 0 Å². The lowest BCUT2D eigenvalue weighted by Gasteiger charge is -2.33. The van der Waals surface area contributed by atoms with Crippen LogP contribution in [0.2, 0.25) is 0 Å². The third kappa shape index (κ3) is 4.97. The van der Waals surface area contributed by atoms with E-state index >= 15 is 0 Å². The van der Waals surface area contributed by atoms with Crippen molar-refractivity contribution in [3.63, 3.8) is 0 Å². The van der Waals surface area contributed by atoms with Crippen molar-refractivity contribution in [1.82, 2.24) is 0 Å². The number of hydrogen-bond acceptors (Lipinski definition) is 0. The Morgan fingerprint density at radius 1 is 0.941 bits per heavy atom. The van der Waals surface area contributed by atoms with E-state index in [2.05, 4.69) is 27.7 Å². The van der Waals surface area contributed by atoms with Crippen LogP contribution in [0.15, 0.2) is 0 Å². The second-order valence-electron chi connectivity index (χ2n) is 5.94. The quantitative estimate of drug-likeness (QED) is 0.639. The van der Waals surface area contributed by atoms with E-state index in [1.165, 1.54) is 58.4 Å². The van der Waals surface area contributed by atoms with E-state index in [9.17, 15) is 0 Å². The molecule has 0 amide bonds. The van der Waals surface area contributed by atoms with Crippen LogP contribution in [0.25, 0.3) is 0 Å². The van der Waals surface area contributed by atoms with Crippen LogP contribution in [0.5, 0.6) is 0 Å². The Morgan fingerprint density at radius 3 is 2.18 bits per heavy atom. The summed E-state index contributed by atoms with van der Waals surface area (Å²) in [5, 5.41) is 0. The highest BCUT2D eigenvalue weighted by Gasteiger charge is 2.27. The van der Waals surface area contributed by atoms with Crippen LogP contribution in [0.3, 0.4) is 0 Å². The van der Waals surface area contributed by atoms with Gasteiger partial charge >= 0.3 is 0 Å². The monoisotopic (exact) mass is 242 g/mol. The predicted octanol–water partition coefficient (Wildman–Crippen LogP) is 0.395. The number of quaternary nitrogens is 2. The molecule has 1 aliphatic carbocycles. The molecule has 0 aromatic heterocycles. The Kier molecular flexibility index (Phi) is 7.14. The standard InChI is InChI=1S/C15H32N2/c1-5-16(6-2)11-12-17(7-3)15-10-8-9-14(4)13-15/h14-15H,5-13H2,1-4H3/p+2/t14-,15+/m0/s1. The van der Waals surface area contributed by atoms with E-state index in [1.54, 1.807) is 4.90 Å². The first-order valence-electron chi connectivity index (χ1n) is 7.89. The van der Waals surface area contributed by atoms with Crippen molar-refractivity contribution >= 4 is 0 Å². The molecule has 0 aliphatic heterocycles. The molecule has 0 aromatic rings. The lowest BCUT2D eigenvalue weighted by molar-refractivity contribution is -0.969. The van der Waals surface area contributed by atoms with Gasteiger partial charge in [-0.25, -0.2) is 0 Å². The average molecular weight is 242 g/mol. The SMILES string of the molecule is CC[NH+](CC)CC[NH+](CC)[C@@H]1CCC[C@H](C)C1. The number of nitrogens with one attached hydrogen (secondary N) is 2. The maximum absolute atomic E-state index is 2.44. The molecule has 1 rings (SSSR count). The summed E-state index contributed by atoms with van der Waals surface area (Å²) in [4.78, 5) is 3.63. The molecule has 2 nitrogen and oxygen atoms in total. The van der Waals surface area contributed by atoms with Crippen molar-refractivity contribution in [2.75, 3.05) is 32.7 Å². The fraction of sp³-hybridized carbons (Fsp3) is 1.00. The lowest BCUT2D eigenvalue weighted by atomic mass is 9.86. The summed E-state index contributed by atoms with van der Waals surface area (Å²) in [7, 11) is 0. The molecule has 17 heavy (non-hydrogen) atoms. The molecule has 1 fully saturated rings. The second kappa shape index (κ2) is 8.10. The van der Waals surface area contributed by atoms with Crippen molar-refractivity contribution in [1.29, 1.82) is 0 Å². The van der Waals surface area contributed by atoms with Crippen molar-refractivity contribution in [3.8, 4) is 0 Å². The van der Waals surface area contributed by atoms with Gasteiger partial charge in [-0.1, -0.05) is 13.3 Å². The zero-order chi connectivity index (χ0) is 12.7. The van der Waals surface area contributed by atoms with Gasteiger partial charge in [0.1, 0.15) is 13.1 Å². The van der Waals surface area contributed by atoms with Crippen LogP contribution in [0.1, 0.15) is 53.4 Å². The summed E-state index contributed by atoms with van der Waals surface area (Å²) < 4.78 is 0. The molecular formula is C15H34N2+2. The van der Waals surface area contributed by atoms with Crippen molar-refractivity contribution in [2.45, 2.75) is 59.4 Å². The number of hydrogen-bond donors (Lipinski definition) is 2. The van der Waals surface area contributed by atoms with Gasteiger partial charge < -0.3 is 9.80 Å². The van der Waals surface area contributed by atoms with Crippen molar-refractivity contribution in [3.05, 3.63) is 0 Å². The molecule has 1 aliphatic rings. The summed E-state index contributed by atoms with van der Waals surface area (Å²) in [6, 6.07) is 0.957. The van der Waals surface area contributed by atoms with Gasteiger partial charge in [0.25, 0.3) is 0 Å². The molecule has 0 radical (unpaired) electrons. The van der Waals surface area contributed by atoms with E-state index in [1.807, 2.05) is 4.90 Å². The molecule has 102 valence electrons. The molecule has 0 heterocycles. The van der Waals surface area contributed by atoms with E-state index in [0.717, 1.165) is 12.0 Å². The van der Waals surface area contributed by atoms with Crippen LogP contribution in [0.4, 0.5) is 0 Å². The lowest BCUT2D eigenvalue weighted by Crippen LogP contribution is -3.22. The molecule has 0 saturated heterocycles. The topological polar surface area (TPSA) is 8.88 Å². The molecule has 1 saturated carbocycles. The molecule has 1 unspecified atom stereocenters. The highest BCUT2D eigenvalue weighted by Crippen LogP contribution is 2.21. The average Bonchev–Trinajstić information content (AvgIpc) is 2.35. The summed E-state index contributed by atoms with van der Waals surface area (Å²) in [6.45, 7) is 16.1. The normalized spacial score (nSPS) is 27.4. The van der Waals surface area contributed by atoms with Gasteiger partial charge in [0.05, 0.1) is 25.7 Å². The van der Waals surface area contributed by atoms with Crippen LogP contribution in [-0.4, -0.2) is 38.8 Å². The highest BCUT2D eigenvalue weighted by molar-refractivity contribution is 4.69. The van der Waals surface area contributed by atoms with Gasteiger partial charge in [0, 0.05) is 6.42 Å². The third-order valence-electron chi connectivity index (χ3n) is 4.77. The predicted molar refractivity (Wildman–Crippen MR) is 74.7 cm³/mol. The van der Waals surface area contributed by atoms with E-state index in [-0.39, 0.29) is 0 Å². The van der Waals surface area contributed by atoms with Crippen molar-refractivity contribution in [2.24, 2.45) is 5.92 Å². The molecule has 0 spiro atoms. The zero-order valence-electron chi connectivity index (χ0n) is 12.5. The Bertz CT molecular complexity index is 189. The Balaban J connectivity index is 2.36. The first-order valence-corrected chi connectivity index (χ1v) is 7.89. The fourth-order valence-electron chi connectivity index (χ4n) is 3.42. The number of rotatable bonds is 7. The minimum atomic E-state index is 0.957. The number of likely N-dealkylation sites (N-methyl/N-ethyl adjacent to an activating group) is 2. The van der Waals surface area contributed by atoms with Crippen LogP contribution < -0.4 is 9.80 Å². The van der Waals surface area contributed by atoms with Crippen molar-refractivity contribution < 1.29 is 9.80 Å². The van der Waals surface area contributed by atoms with Gasteiger partial charge in [-0.05, 0) is 39.5 Å². The third-order valence-corrected chi connectivity index (χ3v) is 4.77. The van der Waals surface area contributed by atoms with Gasteiger partial charge in [-0.15, -0.1) is 0 Å². The van der Waals surface area contributed by atoms with Crippen LogP contribution in [0, 0.1) is 5.92 Å². The molecule has 3 atom stereocenters.